The molecule has 1 saturated heterocycles. The zero-order valence-corrected chi connectivity index (χ0v) is 15.6. The first kappa shape index (κ1) is 19.3. The molecule has 7 nitrogen and oxygen atoms in total. The maximum Gasteiger partial charge on any atom is 0.243 e. The summed E-state index contributed by atoms with van der Waals surface area (Å²) in [4.78, 5) is 0.0653. The number of benzene rings is 1. The van der Waals surface area contributed by atoms with E-state index < -0.39 is 50.1 Å². The Balaban J connectivity index is 2.53. The van der Waals surface area contributed by atoms with Crippen LogP contribution in [0.5, 0.6) is 0 Å². The van der Waals surface area contributed by atoms with Crippen LogP contribution >= 0.6 is 0 Å². The number of hydrogen-bond acceptors (Lipinski definition) is 6. The first-order chi connectivity index (χ1) is 11.0. The Morgan fingerprint density at radius 3 is 2.21 bits per heavy atom. The van der Waals surface area contributed by atoms with Gasteiger partial charge in [-0.05, 0) is 43.5 Å². The van der Waals surface area contributed by atoms with E-state index in [9.17, 15) is 27.0 Å². The molecular weight excluding hydrogens is 354 g/mol. The third-order valence-electron chi connectivity index (χ3n) is 4.36. The molecule has 1 heterocycles. The molecular formula is C15H23NO6S2. The van der Waals surface area contributed by atoms with Gasteiger partial charge >= 0.3 is 0 Å². The standard InChI is InChI=1S/C15H23NO6S2/c1-10-6-12(3)15(7-11(10)2)24(21,22)16(4-5-17)13-8-23(19,20)9-14(13)18/h6-7,13-14,17-18H,4-5,8-9H2,1-3H3/t13-,14+/m0/s1. The third kappa shape index (κ3) is 3.65. The molecule has 0 saturated carbocycles. The molecule has 24 heavy (non-hydrogen) atoms. The Kier molecular flexibility index (Phi) is 5.41. The summed E-state index contributed by atoms with van der Waals surface area (Å²) in [6.07, 6.45) is -1.30. The minimum absolute atomic E-state index is 0.0653. The van der Waals surface area contributed by atoms with Crippen molar-refractivity contribution in [2.45, 2.75) is 37.8 Å². The topological polar surface area (TPSA) is 112 Å². The fraction of sp³-hybridized carbons (Fsp3) is 0.600. The average molecular weight is 377 g/mol. The lowest BCUT2D eigenvalue weighted by Crippen LogP contribution is -2.48. The first-order valence-corrected chi connectivity index (χ1v) is 10.8. The fourth-order valence-electron chi connectivity index (χ4n) is 2.99. The van der Waals surface area contributed by atoms with E-state index >= 15 is 0 Å². The Morgan fingerprint density at radius 2 is 1.71 bits per heavy atom. The number of rotatable bonds is 5. The number of aliphatic hydroxyl groups excluding tert-OH is 2. The van der Waals surface area contributed by atoms with Crippen molar-refractivity contribution in [2.75, 3.05) is 24.7 Å². The number of sulfonamides is 1. The molecule has 9 heteroatoms. The van der Waals surface area contributed by atoms with Gasteiger partial charge in [0, 0.05) is 6.54 Å². The highest BCUT2D eigenvalue weighted by Gasteiger charge is 2.44. The number of aryl methyl sites for hydroxylation is 3. The van der Waals surface area contributed by atoms with Crippen LogP contribution in [0.2, 0.25) is 0 Å². The SMILES string of the molecule is Cc1cc(C)c(S(=O)(=O)N(CCO)[C@H]2CS(=O)(=O)C[C@H]2O)cc1C. The Labute approximate surface area is 142 Å². The normalized spacial score (nSPS) is 23.8. The fourth-order valence-corrected chi connectivity index (χ4v) is 6.82. The van der Waals surface area contributed by atoms with Crippen molar-refractivity contribution in [3.63, 3.8) is 0 Å². The van der Waals surface area contributed by atoms with Gasteiger partial charge in [-0.2, -0.15) is 4.31 Å². The lowest BCUT2D eigenvalue weighted by atomic mass is 10.1. The van der Waals surface area contributed by atoms with Crippen LogP contribution in [0.4, 0.5) is 0 Å². The van der Waals surface area contributed by atoms with Crippen molar-refractivity contribution in [3.8, 4) is 0 Å². The summed E-state index contributed by atoms with van der Waals surface area (Å²) in [7, 11) is -7.56. The second-order valence-electron chi connectivity index (χ2n) is 6.25. The van der Waals surface area contributed by atoms with Gasteiger partial charge in [0.2, 0.25) is 10.0 Å². The molecule has 1 aromatic carbocycles. The zero-order valence-electron chi connectivity index (χ0n) is 13.9. The molecule has 0 aromatic heterocycles. The molecule has 1 aliphatic rings. The molecule has 0 aliphatic carbocycles. The summed E-state index contributed by atoms with van der Waals surface area (Å²) >= 11 is 0. The first-order valence-electron chi connectivity index (χ1n) is 7.58. The van der Waals surface area contributed by atoms with Gasteiger partial charge in [-0.25, -0.2) is 16.8 Å². The Hall–Kier alpha value is -1.00. The van der Waals surface area contributed by atoms with Gasteiger partial charge in [-0.3, -0.25) is 0 Å². The van der Waals surface area contributed by atoms with Crippen LogP contribution in [-0.2, 0) is 19.9 Å². The molecule has 1 fully saturated rings. The highest BCUT2D eigenvalue weighted by atomic mass is 32.2. The minimum atomic E-state index is -4.05. The largest absolute Gasteiger partial charge is 0.395 e. The van der Waals surface area contributed by atoms with E-state index in [0.29, 0.717) is 5.56 Å². The molecule has 2 atom stereocenters. The van der Waals surface area contributed by atoms with Crippen molar-refractivity contribution in [3.05, 3.63) is 28.8 Å². The summed E-state index contributed by atoms with van der Waals surface area (Å²) in [6, 6.07) is 2.20. The molecule has 2 rings (SSSR count). The maximum absolute atomic E-state index is 13.1. The third-order valence-corrected chi connectivity index (χ3v) is 8.13. The quantitative estimate of drug-likeness (QED) is 0.732. The Morgan fingerprint density at radius 1 is 1.12 bits per heavy atom. The second kappa shape index (κ2) is 6.72. The molecule has 0 unspecified atom stereocenters. The maximum atomic E-state index is 13.1. The molecule has 1 aromatic rings. The summed E-state index contributed by atoms with van der Waals surface area (Å²) in [6.45, 7) is 4.59. The van der Waals surface area contributed by atoms with Gasteiger partial charge < -0.3 is 10.2 Å². The van der Waals surface area contributed by atoms with Crippen molar-refractivity contribution in [1.82, 2.24) is 4.31 Å². The Bertz CT molecular complexity index is 832. The molecule has 0 bridgehead atoms. The zero-order chi connectivity index (χ0) is 18.3. The van der Waals surface area contributed by atoms with Gasteiger partial charge in [0.1, 0.15) is 0 Å². The number of sulfone groups is 1. The van der Waals surface area contributed by atoms with Gasteiger partial charge in [-0.1, -0.05) is 6.07 Å². The van der Waals surface area contributed by atoms with E-state index in [4.69, 9.17) is 0 Å². The predicted molar refractivity (Wildman–Crippen MR) is 90.1 cm³/mol. The van der Waals surface area contributed by atoms with Gasteiger partial charge in [0.05, 0.1) is 35.2 Å². The average Bonchev–Trinajstić information content (AvgIpc) is 2.72. The number of hydrogen-bond donors (Lipinski definition) is 2. The molecule has 0 radical (unpaired) electrons. The van der Waals surface area contributed by atoms with Crippen molar-refractivity contribution in [1.29, 1.82) is 0 Å². The van der Waals surface area contributed by atoms with Gasteiger partial charge in [0.15, 0.2) is 9.84 Å². The molecule has 2 N–H and O–H groups in total. The van der Waals surface area contributed by atoms with Crippen LogP contribution in [0.25, 0.3) is 0 Å². The van der Waals surface area contributed by atoms with E-state index in [-0.39, 0.29) is 11.4 Å². The van der Waals surface area contributed by atoms with Gasteiger partial charge in [0.25, 0.3) is 0 Å². The highest BCUT2D eigenvalue weighted by Crippen LogP contribution is 2.28. The van der Waals surface area contributed by atoms with Crippen LogP contribution in [-0.4, -0.2) is 68.2 Å². The lowest BCUT2D eigenvalue weighted by molar-refractivity contribution is 0.117. The number of aliphatic hydroxyl groups is 2. The van der Waals surface area contributed by atoms with E-state index in [1.165, 1.54) is 0 Å². The minimum Gasteiger partial charge on any atom is -0.395 e. The molecule has 0 spiro atoms. The van der Waals surface area contributed by atoms with E-state index in [1.807, 2.05) is 6.92 Å². The molecule has 0 amide bonds. The van der Waals surface area contributed by atoms with Crippen LogP contribution in [0.15, 0.2) is 17.0 Å². The van der Waals surface area contributed by atoms with Crippen LogP contribution in [0.3, 0.4) is 0 Å². The van der Waals surface area contributed by atoms with Crippen molar-refractivity contribution >= 4 is 19.9 Å². The van der Waals surface area contributed by atoms with Crippen LogP contribution in [0.1, 0.15) is 16.7 Å². The molecule has 136 valence electrons. The summed E-state index contributed by atoms with van der Waals surface area (Å²) in [5, 5.41) is 19.3. The van der Waals surface area contributed by atoms with E-state index in [1.54, 1.807) is 26.0 Å². The summed E-state index contributed by atoms with van der Waals surface area (Å²) in [5.41, 5.74) is 2.28. The smallest absolute Gasteiger partial charge is 0.243 e. The van der Waals surface area contributed by atoms with Gasteiger partial charge in [-0.15, -0.1) is 0 Å². The lowest BCUT2D eigenvalue weighted by Gasteiger charge is -2.29. The number of nitrogens with zero attached hydrogens (tertiary/aromatic N) is 1. The molecule has 1 aliphatic heterocycles. The van der Waals surface area contributed by atoms with Crippen LogP contribution < -0.4 is 0 Å². The second-order valence-corrected chi connectivity index (χ2v) is 10.3. The highest BCUT2D eigenvalue weighted by molar-refractivity contribution is 7.92. The van der Waals surface area contributed by atoms with E-state index in [0.717, 1.165) is 15.4 Å². The van der Waals surface area contributed by atoms with E-state index in [2.05, 4.69) is 0 Å². The van der Waals surface area contributed by atoms with Crippen molar-refractivity contribution < 1.29 is 27.0 Å². The predicted octanol–water partition coefficient (Wildman–Crippen LogP) is -0.247. The van der Waals surface area contributed by atoms with Crippen molar-refractivity contribution in [2.24, 2.45) is 0 Å². The monoisotopic (exact) mass is 377 g/mol. The summed E-state index contributed by atoms with van der Waals surface area (Å²) < 4.78 is 50.5. The van der Waals surface area contributed by atoms with Crippen LogP contribution in [0, 0.1) is 20.8 Å². The summed E-state index contributed by atoms with van der Waals surface area (Å²) in [5.74, 6) is -0.918.